The molecule has 0 aliphatic rings. The Morgan fingerprint density at radius 3 is 2.87 bits per heavy atom. The van der Waals surface area contributed by atoms with Gasteiger partial charge in [-0.1, -0.05) is 12.1 Å². The predicted octanol–water partition coefficient (Wildman–Crippen LogP) is 1.65. The van der Waals surface area contributed by atoms with Crippen molar-refractivity contribution in [3.05, 3.63) is 35.6 Å². The van der Waals surface area contributed by atoms with E-state index in [1.165, 1.54) is 12.1 Å². The number of carbonyl (C=O) groups is 1. The van der Waals surface area contributed by atoms with Crippen LogP contribution in [0.25, 0.3) is 0 Å². The summed E-state index contributed by atoms with van der Waals surface area (Å²) in [5, 5.41) is 2.79. The van der Waals surface area contributed by atoms with Crippen molar-refractivity contribution < 1.29 is 13.9 Å². The van der Waals surface area contributed by atoms with Gasteiger partial charge in [-0.25, -0.2) is 9.18 Å². The predicted molar refractivity (Wildman–Crippen MR) is 54.8 cm³/mol. The van der Waals surface area contributed by atoms with Gasteiger partial charge >= 0.3 is 5.97 Å². The number of carbonyl (C=O) groups excluding carboxylic acids is 1. The SMILES string of the molecule is CCOC(=O)C(NC)c1cccc(F)c1. The van der Waals surface area contributed by atoms with Crippen LogP contribution in [0.5, 0.6) is 0 Å². The van der Waals surface area contributed by atoms with E-state index in [4.69, 9.17) is 4.74 Å². The second-order valence-corrected chi connectivity index (χ2v) is 3.03. The Hall–Kier alpha value is -1.42. The number of rotatable bonds is 4. The first-order valence-electron chi connectivity index (χ1n) is 4.78. The third kappa shape index (κ3) is 3.02. The van der Waals surface area contributed by atoms with E-state index in [1.807, 2.05) is 0 Å². The number of benzene rings is 1. The van der Waals surface area contributed by atoms with Crippen molar-refractivity contribution in [2.45, 2.75) is 13.0 Å². The molecule has 0 aliphatic carbocycles. The summed E-state index contributed by atoms with van der Waals surface area (Å²) in [4.78, 5) is 11.5. The summed E-state index contributed by atoms with van der Waals surface area (Å²) in [5.74, 6) is -0.761. The average Bonchev–Trinajstić information content (AvgIpc) is 2.19. The highest BCUT2D eigenvalue weighted by Gasteiger charge is 2.19. The summed E-state index contributed by atoms with van der Waals surface area (Å²) >= 11 is 0. The van der Waals surface area contributed by atoms with E-state index in [0.29, 0.717) is 12.2 Å². The van der Waals surface area contributed by atoms with Crippen LogP contribution in [0.2, 0.25) is 0 Å². The second kappa shape index (κ2) is 5.46. The first-order valence-corrected chi connectivity index (χ1v) is 4.78. The summed E-state index contributed by atoms with van der Waals surface area (Å²) in [6.45, 7) is 2.04. The van der Waals surface area contributed by atoms with Gasteiger partial charge in [-0.3, -0.25) is 0 Å². The molecule has 0 bridgehead atoms. The summed E-state index contributed by atoms with van der Waals surface area (Å²) < 4.78 is 17.8. The smallest absolute Gasteiger partial charge is 0.327 e. The molecule has 1 aromatic carbocycles. The minimum absolute atomic E-state index is 0.312. The van der Waals surface area contributed by atoms with Crippen LogP contribution >= 0.6 is 0 Å². The maximum Gasteiger partial charge on any atom is 0.327 e. The van der Waals surface area contributed by atoms with Crippen LogP contribution in [-0.2, 0) is 9.53 Å². The topological polar surface area (TPSA) is 38.3 Å². The van der Waals surface area contributed by atoms with E-state index in [-0.39, 0.29) is 5.82 Å². The molecule has 0 amide bonds. The van der Waals surface area contributed by atoms with Crippen molar-refractivity contribution in [3.8, 4) is 0 Å². The number of likely N-dealkylation sites (N-methyl/N-ethyl adjacent to an activating group) is 1. The summed E-state index contributed by atoms with van der Waals surface area (Å²) in [6, 6.07) is 5.29. The number of hydrogen-bond acceptors (Lipinski definition) is 3. The van der Waals surface area contributed by atoms with Crippen molar-refractivity contribution in [2.75, 3.05) is 13.7 Å². The van der Waals surface area contributed by atoms with Crippen LogP contribution in [0.1, 0.15) is 18.5 Å². The van der Waals surface area contributed by atoms with Crippen molar-refractivity contribution >= 4 is 5.97 Å². The molecule has 1 aromatic rings. The van der Waals surface area contributed by atoms with E-state index >= 15 is 0 Å². The Labute approximate surface area is 88.2 Å². The zero-order valence-corrected chi connectivity index (χ0v) is 8.79. The molecular formula is C11H14FNO2. The van der Waals surface area contributed by atoms with Gasteiger partial charge in [0.1, 0.15) is 11.9 Å². The highest BCUT2D eigenvalue weighted by molar-refractivity contribution is 5.77. The van der Waals surface area contributed by atoms with Gasteiger partial charge < -0.3 is 10.1 Å². The van der Waals surface area contributed by atoms with E-state index in [0.717, 1.165) is 0 Å². The minimum atomic E-state index is -0.611. The number of halogens is 1. The maximum atomic E-state index is 12.9. The molecule has 0 heterocycles. The molecule has 0 radical (unpaired) electrons. The van der Waals surface area contributed by atoms with E-state index in [9.17, 15) is 9.18 Å². The van der Waals surface area contributed by atoms with E-state index < -0.39 is 12.0 Å². The lowest BCUT2D eigenvalue weighted by atomic mass is 10.1. The van der Waals surface area contributed by atoms with Gasteiger partial charge in [-0.05, 0) is 31.7 Å². The highest BCUT2D eigenvalue weighted by Crippen LogP contribution is 2.15. The quantitative estimate of drug-likeness (QED) is 0.769. The fourth-order valence-corrected chi connectivity index (χ4v) is 1.33. The second-order valence-electron chi connectivity index (χ2n) is 3.03. The van der Waals surface area contributed by atoms with Crippen molar-refractivity contribution in [3.63, 3.8) is 0 Å². The summed E-state index contributed by atoms with van der Waals surface area (Å²) in [5.41, 5.74) is 0.566. The zero-order chi connectivity index (χ0) is 11.3. The van der Waals surface area contributed by atoms with Gasteiger partial charge in [0.05, 0.1) is 6.61 Å². The molecule has 1 atom stereocenters. The van der Waals surface area contributed by atoms with Crippen LogP contribution < -0.4 is 5.32 Å². The van der Waals surface area contributed by atoms with Crippen LogP contribution in [0.3, 0.4) is 0 Å². The Bertz CT molecular complexity index is 341. The molecule has 0 aliphatic heterocycles. The van der Waals surface area contributed by atoms with Crippen LogP contribution in [0.15, 0.2) is 24.3 Å². The van der Waals surface area contributed by atoms with Gasteiger partial charge in [0.15, 0.2) is 0 Å². The molecule has 3 nitrogen and oxygen atoms in total. The largest absolute Gasteiger partial charge is 0.465 e. The van der Waals surface area contributed by atoms with Crippen LogP contribution in [0.4, 0.5) is 4.39 Å². The lowest BCUT2D eigenvalue weighted by Gasteiger charge is -2.14. The molecule has 1 N–H and O–H groups in total. The van der Waals surface area contributed by atoms with Gasteiger partial charge in [0.2, 0.25) is 0 Å². The number of ether oxygens (including phenoxy) is 1. The molecule has 0 saturated carbocycles. The maximum absolute atomic E-state index is 12.9. The zero-order valence-electron chi connectivity index (χ0n) is 8.79. The number of nitrogens with one attached hydrogen (secondary N) is 1. The van der Waals surface area contributed by atoms with Crippen molar-refractivity contribution in [2.24, 2.45) is 0 Å². The van der Waals surface area contributed by atoms with Gasteiger partial charge in [-0.15, -0.1) is 0 Å². The Morgan fingerprint density at radius 2 is 2.33 bits per heavy atom. The molecule has 0 spiro atoms. The first-order chi connectivity index (χ1) is 7.19. The van der Waals surface area contributed by atoms with Crippen LogP contribution in [-0.4, -0.2) is 19.6 Å². The Balaban J connectivity index is 2.87. The molecule has 0 aromatic heterocycles. The van der Waals surface area contributed by atoms with Gasteiger partial charge in [0.25, 0.3) is 0 Å². The minimum Gasteiger partial charge on any atom is -0.465 e. The summed E-state index contributed by atoms with van der Waals surface area (Å²) in [7, 11) is 1.63. The summed E-state index contributed by atoms with van der Waals surface area (Å²) in [6.07, 6.45) is 0. The lowest BCUT2D eigenvalue weighted by molar-refractivity contribution is -0.145. The molecule has 1 unspecified atom stereocenters. The fraction of sp³-hybridized carbons (Fsp3) is 0.364. The highest BCUT2D eigenvalue weighted by atomic mass is 19.1. The third-order valence-corrected chi connectivity index (χ3v) is 1.99. The number of esters is 1. The van der Waals surface area contributed by atoms with E-state index in [2.05, 4.69) is 5.32 Å². The van der Waals surface area contributed by atoms with Gasteiger partial charge in [0, 0.05) is 0 Å². The fourth-order valence-electron chi connectivity index (χ4n) is 1.33. The van der Waals surface area contributed by atoms with E-state index in [1.54, 1.807) is 26.1 Å². The molecule has 1 rings (SSSR count). The van der Waals surface area contributed by atoms with Crippen molar-refractivity contribution in [1.82, 2.24) is 5.32 Å². The molecular weight excluding hydrogens is 197 g/mol. The molecule has 0 saturated heterocycles. The standard InChI is InChI=1S/C11H14FNO2/c1-3-15-11(14)10(13-2)8-5-4-6-9(12)7-8/h4-7,10,13H,3H2,1-2H3. The molecule has 0 fully saturated rings. The lowest BCUT2D eigenvalue weighted by Crippen LogP contribution is -2.27. The van der Waals surface area contributed by atoms with Gasteiger partial charge in [-0.2, -0.15) is 0 Å². The Morgan fingerprint density at radius 1 is 1.60 bits per heavy atom. The number of hydrogen-bond donors (Lipinski definition) is 1. The monoisotopic (exact) mass is 211 g/mol. The Kier molecular flexibility index (Phi) is 4.24. The molecule has 15 heavy (non-hydrogen) atoms. The normalized spacial score (nSPS) is 12.2. The first kappa shape index (κ1) is 11.7. The molecule has 82 valence electrons. The average molecular weight is 211 g/mol. The van der Waals surface area contributed by atoms with Crippen molar-refractivity contribution in [1.29, 1.82) is 0 Å². The van der Waals surface area contributed by atoms with Crippen LogP contribution in [0, 0.1) is 5.82 Å². The third-order valence-electron chi connectivity index (χ3n) is 1.99. The molecule has 4 heteroatoms.